The van der Waals surface area contributed by atoms with Gasteiger partial charge in [-0.25, -0.2) is 0 Å². The number of hydrogen-bond donors (Lipinski definition) is 1. The molecule has 2 aromatic rings. The van der Waals surface area contributed by atoms with Gasteiger partial charge in [0.2, 0.25) is 5.91 Å². The zero-order chi connectivity index (χ0) is 15.6. The summed E-state index contributed by atoms with van der Waals surface area (Å²) in [5, 5.41) is 1.12. The molecule has 0 unspecified atom stereocenters. The van der Waals surface area contributed by atoms with Crippen LogP contribution in [0, 0.1) is 23.7 Å². The average Bonchev–Trinajstić information content (AvgIpc) is 2.92. The predicted molar refractivity (Wildman–Crippen MR) is 90.1 cm³/mol. The highest BCUT2D eigenvalue weighted by molar-refractivity contribution is 5.97. The third-order valence-corrected chi connectivity index (χ3v) is 6.45. The van der Waals surface area contributed by atoms with Crippen molar-refractivity contribution in [1.82, 2.24) is 9.47 Å². The van der Waals surface area contributed by atoms with E-state index in [4.69, 9.17) is 5.73 Å². The molecular formula is C19H23N3O. The minimum absolute atomic E-state index is 0.352. The normalized spacial score (nSPS) is 35.0. The maximum atomic E-state index is 11.3. The number of hydrogen-bond acceptors (Lipinski definition) is 2. The number of benzene rings is 1. The Labute approximate surface area is 136 Å². The first-order chi connectivity index (χ1) is 11.2. The summed E-state index contributed by atoms with van der Waals surface area (Å²) in [6.07, 6.45) is 5.05. The van der Waals surface area contributed by atoms with Crippen LogP contribution in [0.4, 0.5) is 0 Å². The Balaban J connectivity index is 1.44. The number of primary amides is 1. The zero-order valence-corrected chi connectivity index (χ0v) is 13.3. The van der Waals surface area contributed by atoms with Crippen LogP contribution < -0.4 is 5.73 Å². The van der Waals surface area contributed by atoms with Crippen LogP contribution in [0.2, 0.25) is 0 Å². The lowest BCUT2D eigenvalue weighted by atomic mass is 9.62. The minimum Gasteiger partial charge on any atom is -0.366 e. The molecular weight excluding hydrogens is 286 g/mol. The molecule has 0 spiro atoms. The van der Waals surface area contributed by atoms with Crippen LogP contribution in [0.3, 0.4) is 0 Å². The smallest absolute Gasteiger partial charge is 0.248 e. The first-order valence-corrected chi connectivity index (χ1v) is 8.78. The van der Waals surface area contributed by atoms with Gasteiger partial charge in [0, 0.05) is 48.8 Å². The van der Waals surface area contributed by atoms with Gasteiger partial charge in [0.1, 0.15) is 0 Å². The number of amides is 1. The van der Waals surface area contributed by atoms with Crippen molar-refractivity contribution >= 4 is 16.8 Å². The van der Waals surface area contributed by atoms with E-state index in [1.807, 2.05) is 12.1 Å². The quantitative estimate of drug-likeness (QED) is 0.946. The number of rotatable bonds is 3. The van der Waals surface area contributed by atoms with Crippen molar-refractivity contribution in [3.05, 3.63) is 36.0 Å². The molecule has 4 nitrogen and oxygen atoms in total. The largest absolute Gasteiger partial charge is 0.366 e. The molecule has 4 fully saturated rings. The molecule has 2 N–H and O–H groups in total. The van der Waals surface area contributed by atoms with Crippen molar-refractivity contribution in [3.63, 3.8) is 0 Å². The highest BCUT2D eigenvalue weighted by atomic mass is 16.1. The maximum Gasteiger partial charge on any atom is 0.248 e. The summed E-state index contributed by atoms with van der Waals surface area (Å²) in [6.45, 7) is 5.09. The summed E-state index contributed by atoms with van der Waals surface area (Å²) in [7, 11) is 0. The molecule has 4 heteroatoms. The van der Waals surface area contributed by atoms with Crippen molar-refractivity contribution in [3.8, 4) is 0 Å². The van der Waals surface area contributed by atoms with Crippen molar-refractivity contribution in [2.45, 2.75) is 19.4 Å². The lowest BCUT2D eigenvalue weighted by molar-refractivity contribution is -0.0691. The number of piperidine rings is 3. The summed E-state index contributed by atoms with van der Waals surface area (Å²) >= 11 is 0. The van der Waals surface area contributed by atoms with Crippen molar-refractivity contribution < 1.29 is 4.79 Å². The van der Waals surface area contributed by atoms with E-state index in [9.17, 15) is 4.79 Å². The minimum atomic E-state index is -0.352. The lowest BCUT2D eigenvalue weighted by Crippen LogP contribution is -2.58. The number of aromatic nitrogens is 1. The molecule has 120 valence electrons. The fourth-order valence-electron chi connectivity index (χ4n) is 5.55. The van der Waals surface area contributed by atoms with Crippen LogP contribution in [-0.2, 0) is 6.54 Å². The lowest BCUT2D eigenvalue weighted by Gasteiger charge is -2.56. The van der Waals surface area contributed by atoms with Crippen molar-refractivity contribution in [2.24, 2.45) is 29.4 Å². The zero-order valence-electron chi connectivity index (χ0n) is 13.3. The summed E-state index contributed by atoms with van der Waals surface area (Å²) in [6, 6.07) is 7.93. The molecule has 1 aromatic carbocycles. The van der Waals surface area contributed by atoms with E-state index in [-0.39, 0.29) is 5.91 Å². The number of carbonyl (C=O) groups excluding carboxylic acids is 1. The topological polar surface area (TPSA) is 51.3 Å². The van der Waals surface area contributed by atoms with Crippen LogP contribution in [0.15, 0.2) is 30.5 Å². The van der Waals surface area contributed by atoms with Crippen molar-refractivity contribution in [2.75, 3.05) is 19.6 Å². The molecule has 1 saturated carbocycles. The molecule has 4 aliphatic rings. The van der Waals surface area contributed by atoms with Gasteiger partial charge < -0.3 is 15.2 Å². The Morgan fingerprint density at radius 3 is 2.61 bits per heavy atom. The Kier molecular flexibility index (Phi) is 2.87. The van der Waals surface area contributed by atoms with E-state index < -0.39 is 0 Å². The van der Waals surface area contributed by atoms with Crippen LogP contribution in [0.5, 0.6) is 0 Å². The highest BCUT2D eigenvalue weighted by Gasteiger charge is 2.47. The monoisotopic (exact) mass is 309 g/mol. The summed E-state index contributed by atoms with van der Waals surface area (Å²) in [5.74, 6) is 3.18. The fraction of sp³-hybridized carbons (Fsp3) is 0.526. The van der Waals surface area contributed by atoms with Gasteiger partial charge in [0.15, 0.2) is 0 Å². The molecule has 1 amide bonds. The predicted octanol–water partition coefficient (Wildman–Crippen LogP) is 2.33. The molecule has 4 bridgehead atoms. The van der Waals surface area contributed by atoms with Crippen LogP contribution >= 0.6 is 0 Å². The number of fused-ring (bicyclic) bond motifs is 1. The summed E-state index contributed by atoms with van der Waals surface area (Å²) < 4.78 is 2.39. The third-order valence-electron chi connectivity index (χ3n) is 6.45. The Bertz CT molecular complexity index is 750. The molecule has 3 aliphatic heterocycles. The van der Waals surface area contributed by atoms with Gasteiger partial charge in [-0.2, -0.15) is 0 Å². The first-order valence-electron chi connectivity index (χ1n) is 8.78. The van der Waals surface area contributed by atoms with E-state index in [0.717, 1.165) is 35.6 Å². The molecule has 23 heavy (non-hydrogen) atoms. The molecule has 0 radical (unpaired) electrons. The second-order valence-corrected chi connectivity index (χ2v) is 7.85. The fourth-order valence-corrected chi connectivity index (χ4v) is 5.55. The van der Waals surface area contributed by atoms with Gasteiger partial charge in [-0.05, 0) is 60.8 Å². The molecule has 2 atom stereocenters. The maximum absolute atomic E-state index is 11.3. The van der Waals surface area contributed by atoms with Gasteiger partial charge in [-0.1, -0.05) is 0 Å². The first kappa shape index (κ1) is 13.6. The number of nitrogens with zero attached hydrogens (tertiary/aromatic N) is 2. The van der Waals surface area contributed by atoms with Crippen LogP contribution in [0.25, 0.3) is 10.9 Å². The van der Waals surface area contributed by atoms with Crippen LogP contribution in [-0.4, -0.2) is 35.0 Å². The standard InChI is InChI=1S/C19H23N3O/c20-19(23)14-1-2-18-13(7-14)3-4-22(18)11-17-15-5-12-6-16(17)10-21(8-12)9-15/h1-4,7,12,15-17H,5-6,8-11H2,(H2,20,23)/t12?,15-,16-,17?/m1/s1. The van der Waals surface area contributed by atoms with Gasteiger partial charge >= 0.3 is 0 Å². The number of nitrogens with two attached hydrogens (primary N) is 1. The Morgan fingerprint density at radius 2 is 1.91 bits per heavy atom. The molecule has 1 aromatic heterocycles. The van der Waals surface area contributed by atoms with Crippen molar-refractivity contribution in [1.29, 1.82) is 0 Å². The van der Waals surface area contributed by atoms with E-state index in [2.05, 4.69) is 27.8 Å². The van der Waals surface area contributed by atoms with Gasteiger partial charge in [0.05, 0.1) is 0 Å². The van der Waals surface area contributed by atoms with E-state index in [1.165, 1.54) is 38.0 Å². The number of carbonyl (C=O) groups is 1. The van der Waals surface area contributed by atoms with E-state index in [1.54, 1.807) is 0 Å². The average molecular weight is 309 g/mol. The van der Waals surface area contributed by atoms with E-state index >= 15 is 0 Å². The van der Waals surface area contributed by atoms with Gasteiger partial charge in [0.25, 0.3) is 0 Å². The summed E-state index contributed by atoms with van der Waals surface area (Å²) in [5.41, 5.74) is 7.21. The Hall–Kier alpha value is -1.81. The SMILES string of the molecule is NC(=O)c1ccc2c(ccn2CC2[C@@H]3CC4C[C@@H]2CN(C4)C3)c1. The van der Waals surface area contributed by atoms with E-state index in [0.29, 0.717) is 5.56 Å². The molecule has 3 saturated heterocycles. The van der Waals surface area contributed by atoms with Gasteiger partial charge in [-0.3, -0.25) is 4.79 Å². The highest BCUT2D eigenvalue weighted by Crippen LogP contribution is 2.47. The molecule has 4 heterocycles. The van der Waals surface area contributed by atoms with Gasteiger partial charge in [-0.15, -0.1) is 0 Å². The summed E-state index contributed by atoms with van der Waals surface area (Å²) in [4.78, 5) is 14.0. The second kappa shape index (κ2) is 4.84. The Morgan fingerprint density at radius 1 is 1.13 bits per heavy atom. The molecule has 1 aliphatic carbocycles. The third kappa shape index (κ3) is 2.12. The van der Waals surface area contributed by atoms with Crippen LogP contribution in [0.1, 0.15) is 23.2 Å². The molecule has 6 rings (SSSR count). The second-order valence-electron chi connectivity index (χ2n) is 7.85.